The molecule has 0 N–H and O–H groups in total. The molecule has 0 fully saturated rings. The van der Waals surface area contributed by atoms with Crippen molar-refractivity contribution in [1.82, 2.24) is 0 Å². The zero-order chi connectivity index (χ0) is 7.40. The zero-order valence-electron chi connectivity index (χ0n) is 5.50. The molecule has 0 unspecified atom stereocenters. The Morgan fingerprint density at radius 3 is 2.90 bits per heavy atom. The van der Waals surface area contributed by atoms with Crippen LogP contribution in [0.1, 0.15) is 0 Å². The molecule has 0 aliphatic carbocycles. The van der Waals surface area contributed by atoms with E-state index >= 15 is 0 Å². The number of hydrogen-bond acceptors (Lipinski definition) is 2. The number of rotatable bonds is 2. The van der Waals surface area contributed by atoms with E-state index < -0.39 is 0 Å². The number of halogens is 1. The molecule has 1 nitrogen and oxygen atoms in total. The lowest BCUT2D eigenvalue weighted by Gasteiger charge is -1.96. The van der Waals surface area contributed by atoms with Crippen LogP contribution < -0.4 is 0 Å². The van der Waals surface area contributed by atoms with Gasteiger partial charge in [0.1, 0.15) is 0 Å². The Morgan fingerprint density at radius 2 is 2.30 bits per heavy atom. The quantitative estimate of drug-likeness (QED) is 0.638. The first-order chi connectivity index (χ1) is 4.83. The van der Waals surface area contributed by atoms with E-state index in [0.717, 1.165) is 9.92 Å². The molecule has 1 aromatic rings. The Labute approximate surface area is 69.5 Å². The monoisotopic (exact) mass is 174 g/mol. The highest BCUT2D eigenvalue weighted by molar-refractivity contribution is 7.94. The van der Waals surface area contributed by atoms with Crippen LogP contribution in [0.2, 0.25) is 5.02 Å². The van der Waals surface area contributed by atoms with Gasteiger partial charge >= 0.3 is 0 Å². The van der Waals surface area contributed by atoms with Gasteiger partial charge in [-0.3, -0.25) is 0 Å². The molecule has 0 saturated heterocycles. The summed E-state index contributed by atoms with van der Waals surface area (Å²) in [4.78, 5) is 1.02. The van der Waals surface area contributed by atoms with Gasteiger partial charge < -0.3 is 4.18 Å². The maximum absolute atomic E-state index is 5.71. The van der Waals surface area contributed by atoms with Crippen LogP contribution in [0, 0.1) is 0 Å². The van der Waals surface area contributed by atoms with Crippen LogP contribution in [0.25, 0.3) is 0 Å². The fourth-order valence-electron chi connectivity index (χ4n) is 0.615. The van der Waals surface area contributed by atoms with E-state index in [2.05, 4.69) is 0 Å². The van der Waals surface area contributed by atoms with Crippen molar-refractivity contribution in [3.05, 3.63) is 29.3 Å². The predicted molar refractivity (Wildman–Crippen MR) is 44.3 cm³/mol. The number of benzene rings is 1. The Morgan fingerprint density at radius 1 is 1.50 bits per heavy atom. The van der Waals surface area contributed by atoms with Crippen LogP contribution in [0.15, 0.2) is 29.2 Å². The minimum absolute atomic E-state index is 0.738. The second kappa shape index (κ2) is 3.86. The first-order valence-electron chi connectivity index (χ1n) is 2.79. The van der Waals surface area contributed by atoms with Crippen molar-refractivity contribution >= 4 is 23.6 Å². The third-order valence-electron chi connectivity index (χ3n) is 0.976. The molecule has 0 spiro atoms. The van der Waals surface area contributed by atoms with Crippen LogP contribution >= 0.6 is 23.6 Å². The van der Waals surface area contributed by atoms with Crippen molar-refractivity contribution in [2.24, 2.45) is 0 Å². The highest BCUT2D eigenvalue weighted by Crippen LogP contribution is 2.20. The third-order valence-corrected chi connectivity index (χ3v) is 1.82. The molecule has 0 aliphatic heterocycles. The summed E-state index contributed by atoms with van der Waals surface area (Å²) in [6, 6.07) is 7.53. The van der Waals surface area contributed by atoms with E-state index in [9.17, 15) is 0 Å². The first-order valence-corrected chi connectivity index (χ1v) is 3.91. The second-order valence-corrected chi connectivity index (χ2v) is 3.12. The summed E-state index contributed by atoms with van der Waals surface area (Å²) in [6.07, 6.45) is 0. The second-order valence-electron chi connectivity index (χ2n) is 1.71. The van der Waals surface area contributed by atoms with Gasteiger partial charge in [-0.1, -0.05) is 17.7 Å². The van der Waals surface area contributed by atoms with Gasteiger partial charge in [0.15, 0.2) is 0 Å². The van der Waals surface area contributed by atoms with Gasteiger partial charge in [-0.2, -0.15) is 0 Å². The van der Waals surface area contributed by atoms with Gasteiger partial charge in [-0.25, -0.2) is 0 Å². The van der Waals surface area contributed by atoms with E-state index in [0.29, 0.717) is 0 Å². The molecule has 10 heavy (non-hydrogen) atoms. The third kappa shape index (κ3) is 2.21. The highest BCUT2D eigenvalue weighted by atomic mass is 35.5. The van der Waals surface area contributed by atoms with Crippen molar-refractivity contribution in [3.8, 4) is 0 Å². The Balaban J connectivity index is 2.75. The zero-order valence-corrected chi connectivity index (χ0v) is 7.08. The molecule has 0 bridgehead atoms. The molecule has 0 aliphatic rings. The van der Waals surface area contributed by atoms with E-state index in [4.69, 9.17) is 15.8 Å². The van der Waals surface area contributed by atoms with E-state index in [1.54, 1.807) is 7.11 Å². The largest absolute Gasteiger partial charge is 0.314 e. The summed E-state index contributed by atoms with van der Waals surface area (Å²) in [6.45, 7) is 0. The van der Waals surface area contributed by atoms with Crippen LogP contribution in [0.4, 0.5) is 0 Å². The average molecular weight is 175 g/mol. The van der Waals surface area contributed by atoms with Crippen molar-refractivity contribution in [1.29, 1.82) is 0 Å². The van der Waals surface area contributed by atoms with Gasteiger partial charge in [0.05, 0.1) is 7.11 Å². The van der Waals surface area contributed by atoms with E-state index in [1.165, 1.54) is 12.0 Å². The summed E-state index contributed by atoms with van der Waals surface area (Å²) >= 11 is 7.02. The van der Waals surface area contributed by atoms with Gasteiger partial charge in [0.25, 0.3) is 0 Å². The normalized spacial score (nSPS) is 9.80. The fraction of sp³-hybridized carbons (Fsp3) is 0.143. The lowest BCUT2D eigenvalue weighted by molar-refractivity contribution is 0.490. The molecule has 1 aromatic carbocycles. The fourth-order valence-corrected chi connectivity index (χ4v) is 1.37. The lowest BCUT2D eigenvalue weighted by atomic mass is 10.4. The Hall–Kier alpha value is -0.180. The van der Waals surface area contributed by atoms with Gasteiger partial charge in [0.2, 0.25) is 0 Å². The highest BCUT2D eigenvalue weighted by Gasteiger charge is 1.91. The molecule has 0 saturated carbocycles. The summed E-state index contributed by atoms with van der Waals surface area (Å²) < 4.78 is 4.84. The van der Waals surface area contributed by atoms with Crippen LogP contribution in [-0.2, 0) is 4.18 Å². The van der Waals surface area contributed by atoms with Crippen LogP contribution in [0.5, 0.6) is 0 Å². The maximum atomic E-state index is 5.71. The standard InChI is InChI=1S/C7H7ClOS/c1-9-10-7-4-2-3-6(8)5-7/h2-5H,1H3. The van der Waals surface area contributed by atoms with Crippen molar-refractivity contribution < 1.29 is 4.18 Å². The van der Waals surface area contributed by atoms with Crippen molar-refractivity contribution in [2.75, 3.05) is 7.11 Å². The van der Waals surface area contributed by atoms with Crippen LogP contribution in [-0.4, -0.2) is 7.11 Å². The molecule has 0 atom stereocenters. The minimum Gasteiger partial charge on any atom is -0.314 e. The lowest BCUT2D eigenvalue weighted by Crippen LogP contribution is -1.70. The Kier molecular flexibility index (Phi) is 3.06. The number of hydrogen-bond donors (Lipinski definition) is 0. The molecule has 0 aromatic heterocycles. The SMILES string of the molecule is COSc1cccc(Cl)c1. The molecule has 0 heterocycles. The first kappa shape index (κ1) is 7.92. The minimum atomic E-state index is 0.738. The van der Waals surface area contributed by atoms with Gasteiger partial charge in [0, 0.05) is 22.0 Å². The summed E-state index contributed by atoms with van der Waals surface area (Å²) in [5.74, 6) is 0. The van der Waals surface area contributed by atoms with E-state index in [-0.39, 0.29) is 0 Å². The summed E-state index contributed by atoms with van der Waals surface area (Å²) in [5.41, 5.74) is 0. The molecule has 3 heteroatoms. The topological polar surface area (TPSA) is 9.23 Å². The van der Waals surface area contributed by atoms with E-state index in [1.807, 2.05) is 24.3 Å². The van der Waals surface area contributed by atoms with Gasteiger partial charge in [-0.15, -0.1) is 0 Å². The smallest absolute Gasteiger partial charge is 0.0508 e. The molecular formula is C7H7ClOS. The van der Waals surface area contributed by atoms with Crippen molar-refractivity contribution in [3.63, 3.8) is 0 Å². The maximum Gasteiger partial charge on any atom is 0.0508 e. The molecule has 54 valence electrons. The summed E-state index contributed by atoms with van der Waals surface area (Å²) in [7, 11) is 1.63. The molecule has 1 rings (SSSR count). The molecule has 0 amide bonds. The molecular weight excluding hydrogens is 168 g/mol. The Bertz CT molecular complexity index is 215. The summed E-state index contributed by atoms with van der Waals surface area (Å²) in [5, 5.41) is 0.738. The predicted octanol–water partition coefficient (Wildman–Crippen LogP) is 2.99. The van der Waals surface area contributed by atoms with Crippen LogP contribution in [0.3, 0.4) is 0 Å². The molecule has 0 radical (unpaired) electrons. The van der Waals surface area contributed by atoms with Gasteiger partial charge in [-0.05, 0) is 18.2 Å². The average Bonchev–Trinajstić information content (AvgIpc) is 1.88. The van der Waals surface area contributed by atoms with Crippen molar-refractivity contribution in [2.45, 2.75) is 4.90 Å².